The number of alkyl halides is 2. The zero-order valence-corrected chi connectivity index (χ0v) is 13.1. The van der Waals surface area contributed by atoms with E-state index in [0.717, 1.165) is 5.01 Å². The molecule has 0 spiro atoms. The lowest BCUT2D eigenvalue weighted by Crippen LogP contribution is -2.46. The Morgan fingerprint density at radius 1 is 1.38 bits per heavy atom. The van der Waals surface area contributed by atoms with Crippen molar-refractivity contribution < 1.29 is 13.6 Å². The van der Waals surface area contributed by atoms with Gasteiger partial charge in [-0.05, 0) is 32.6 Å². The number of thiazole rings is 1. The molecule has 2 amide bonds. The Hall–Kier alpha value is -1.24. The second-order valence-corrected chi connectivity index (χ2v) is 6.62. The number of rotatable bonds is 4. The normalized spacial score (nSPS) is 21.5. The molecule has 1 aliphatic rings. The lowest BCUT2D eigenvalue weighted by atomic mass is 9.83. The first kappa shape index (κ1) is 16.1. The molecule has 1 aromatic heterocycles. The average molecular weight is 317 g/mol. The number of halogens is 2. The molecule has 1 heterocycles. The highest BCUT2D eigenvalue weighted by atomic mass is 32.1. The van der Waals surface area contributed by atoms with Crippen LogP contribution in [0.2, 0.25) is 0 Å². The van der Waals surface area contributed by atoms with Crippen molar-refractivity contribution in [2.24, 2.45) is 5.92 Å². The molecular weight excluding hydrogens is 296 g/mol. The van der Waals surface area contributed by atoms with Crippen molar-refractivity contribution in [2.75, 3.05) is 0 Å². The number of carbonyl (C=O) groups is 1. The first-order valence-electron chi connectivity index (χ1n) is 7.21. The number of carbonyl (C=O) groups excluding carboxylic acids is 1. The minimum atomic E-state index is -2.53. The SMILES string of the molecule is CC(NC(=O)N[C@@H](C)c1nccs1)C1CCC(F)(F)CC1. The van der Waals surface area contributed by atoms with E-state index in [1.54, 1.807) is 6.20 Å². The molecule has 1 saturated carbocycles. The van der Waals surface area contributed by atoms with Gasteiger partial charge in [0, 0.05) is 30.5 Å². The molecule has 2 atom stereocenters. The third-order valence-corrected chi connectivity index (χ3v) is 4.96. The first-order chi connectivity index (χ1) is 9.87. The Kier molecular flexibility index (Phi) is 5.13. The summed E-state index contributed by atoms with van der Waals surface area (Å²) in [4.78, 5) is 16.1. The third-order valence-electron chi connectivity index (χ3n) is 4.00. The van der Waals surface area contributed by atoms with Gasteiger partial charge in [0.25, 0.3) is 0 Å². The molecule has 1 fully saturated rings. The lowest BCUT2D eigenvalue weighted by molar-refractivity contribution is -0.0484. The van der Waals surface area contributed by atoms with E-state index < -0.39 is 5.92 Å². The Labute approximate surface area is 127 Å². The van der Waals surface area contributed by atoms with Crippen LogP contribution in [0.1, 0.15) is 50.6 Å². The van der Waals surface area contributed by atoms with E-state index in [1.165, 1.54) is 11.3 Å². The maximum Gasteiger partial charge on any atom is 0.315 e. The summed E-state index contributed by atoms with van der Waals surface area (Å²) in [5.74, 6) is -2.41. The fourth-order valence-corrected chi connectivity index (χ4v) is 3.28. The van der Waals surface area contributed by atoms with Crippen LogP contribution < -0.4 is 10.6 Å². The maximum atomic E-state index is 13.1. The maximum absolute atomic E-state index is 13.1. The van der Waals surface area contributed by atoms with Gasteiger partial charge in [0.05, 0.1) is 6.04 Å². The summed E-state index contributed by atoms with van der Waals surface area (Å²) in [5.41, 5.74) is 0. The molecule has 2 N–H and O–H groups in total. The molecule has 0 aromatic carbocycles. The minimum Gasteiger partial charge on any atom is -0.335 e. The molecule has 21 heavy (non-hydrogen) atoms. The standard InChI is InChI=1S/C14H21F2N3OS/c1-9(11-3-5-14(15,16)6-4-11)18-13(20)19-10(2)12-17-7-8-21-12/h7-11H,3-6H2,1-2H3,(H2,18,19,20)/t9?,10-/m0/s1. The predicted octanol–water partition coefficient (Wildman–Crippen LogP) is 3.72. The summed E-state index contributed by atoms with van der Waals surface area (Å²) in [6.45, 7) is 3.74. The van der Waals surface area contributed by atoms with Gasteiger partial charge >= 0.3 is 6.03 Å². The van der Waals surface area contributed by atoms with Crippen LogP contribution in [0.5, 0.6) is 0 Å². The van der Waals surface area contributed by atoms with Crippen molar-refractivity contribution in [1.29, 1.82) is 0 Å². The molecule has 118 valence electrons. The van der Waals surface area contributed by atoms with Crippen LogP contribution in [0.25, 0.3) is 0 Å². The number of hydrogen-bond donors (Lipinski definition) is 2. The van der Waals surface area contributed by atoms with Gasteiger partial charge in [-0.3, -0.25) is 0 Å². The second-order valence-electron chi connectivity index (χ2n) is 5.69. The lowest BCUT2D eigenvalue weighted by Gasteiger charge is -2.32. The molecule has 7 heteroatoms. The van der Waals surface area contributed by atoms with E-state index in [-0.39, 0.29) is 36.9 Å². The quantitative estimate of drug-likeness (QED) is 0.889. The van der Waals surface area contributed by atoms with Gasteiger partial charge in [-0.15, -0.1) is 11.3 Å². The highest BCUT2D eigenvalue weighted by Gasteiger charge is 2.36. The Balaban J connectivity index is 1.77. The van der Waals surface area contributed by atoms with E-state index >= 15 is 0 Å². The molecule has 1 aromatic rings. The van der Waals surface area contributed by atoms with Crippen LogP contribution >= 0.6 is 11.3 Å². The van der Waals surface area contributed by atoms with Gasteiger partial charge in [-0.2, -0.15) is 0 Å². The summed E-state index contributed by atoms with van der Waals surface area (Å²) in [6, 6.07) is -0.542. The zero-order valence-electron chi connectivity index (χ0n) is 12.2. The Bertz CT molecular complexity index is 457. The summed E-state index contributed by atoms with van der Waals surface area (Å²) in [5, 5.41) is 8.37. The Morgan fingerprint density at radius 2 is 2.05 bits per heavy atom. The number of amides is 2. The monoisotopic (exact) mass is 317 g/mol. The van der Waals surface area contributed by atoms with Crippen LogP contribution in [-0.4, -0.2) is 23.0 Å². The highest BCUT2D eigenvalue weighted by molar-refractivity contribution is 7.09. The largest absolute Gasteiger partial charge is 0.335 e. The number of nitrogens with one attached hydrogen (secondary N) is 2. The molecule has 0 saturated heterocycles. The molecule has 0 bridgehead atoms. The topological polar surface area (TPSA) is 54.0 Å². The van der Waals surface area contributed by atoms with Crippen molar-refractivity contribution >= 4 is 17.4 Å². The predicted molar refractivity (Wildman–Crippen MR) is 78.6 cm³/mol. The summed E-state index contributed by atoms with van der Waals surface area (Å²) in [7, 11) is 0. The molecule has 1 unspecified atom stereocenters. The van der Waals surface area contributed by atoms with Crippen molar-refractivity contribution in [2.45, 2.75) is 57.5 Å². The van der Waals surface area contributed by atoms with E-state index in [4.69, 9.17) is 0 Å². The van der Waals surface area contributed by atoms with E-state index in [9.17, 15) is 13.6 Å². The molecule has 0 aliphatic heterocycles. The van der Waals surface area contributed by atoms with E-state index in [1.807, 2.05) is 19.2 Å². The van der Waals surface area contributed by atoms with Gasteiger partial charge in [0.15, 0.2) is 0 Å². The van der Waals surface area contributed by atoms with E-state index in [2.05, 4.69) is 15.6 Å². The zero-order chi connectivity index (χ0) is 15.5. The van der Waals surface area contributed by atoms with Gasteiger partial charge in [0.2, 0.25) is 5.92 Å². The van der Waals surface area contributed by atoms with E-state index in [0.29, 0.717) is 12.8 Å². The molecular formula is C14H21F2N3OS. The van der Waals surface area contributed by atoms with Crippen molar-refractivity contribution in [3.8, 4) is 0 Å². The number of urea groups is 1. The molecule has 4 nitrogen and oxygen atoms in total. The van der Waals surface area contributed by atoms with Crippen LogP contribution in [0.15, 0.2) is 11.6 Å². The second kappa shape index (κ2) is 6.68. The minimum absolute atomic E-state index is 0.0825. The van der Waals surface area contributed by atoms with Crippen LogP contribution in [0.3, 0.4) is 0 Å². The van der Waals surface area contributed by atoms with Crippen LogP contribution in [-0.2, 0) is 0 Å². The first-order valence-corrected chi connectivity index (χ1v) is 8.09. The molecule has 1 aliphatic carbocycles. The van der Waals surface area contributed by atoms with Gasteiger partial charge < -0.3 is 10.6 Å². The fourth-order valence-electron chi connectivity index (χ4n) is 2.64. The molecule has 2 rings (SSSR count). The third kappa shape index (κ3) is 4.62. The summed E-state index contributed by atoms with van der Waals surface area (Å²) < 4.78 is 26.3. The van der Waals surface area contributed by atoms with Crippen molar-refractivity contribution in [3.63, 3.8) is 0 Å². The number of hydrogen-bond acceptors (Lipinski definition) is 3. The van der Waals surface area contributed by atoms with Crippen LogP contribution in [0, 0.1) is 5.92 Å². The Morgan fingerprint density at radius 3 is 2.62 bits per heavy atom. The smallest absolute Gasteiger partial charge is 0.315 e. The summed E-state index contributed by atoms with van der Waals surface area (Å²) in [6.07, 6.45) is 2.44. The van der Waals surface area contributed by atoms with Crippen molar-refractivity contribution in [1.82, 2.24) is 15.6 Å². The van der Waals surface area contributed by atoms with Gasteiger partial charge in [0.1, 0.15) is 5.01 Å². The molecule has 0 radical (unpaired) electrons. The number of nitrogens with zero attached hydrogens (tertiary/aromatic N) is 1. The van der Waals surface area contributed by atoms with Gasteiger partial charge in [-0.25, -0.2) is 18.6 Å². The summed E-state index contributed by atoms with van der Waals surface area (Å²) >= 11 is 1.48. The average Bonchev–Trinajstić information content (AvgIpc) is 2.92. The van der Waals surface area contributed by atoms with Crippen molar-refractivity contribution in [3.05, 3.63) is 16.6 Å². The fraction of sp³-hybridized carbons (Fsp3) is 0.714. The highest BCUT2D eigenvalue weighted by Crippen LogP contribution is 2.37. The van der Waals surface area contributed by atoms with Crippen LogP contribution in [0.4, 0.5) is 13.6 Å². The van der Waals surface area contributed by atoms with Gasteiger partial charge in [-0.1, -0.05) is 0 Å². The number of aromatic nitrogens is 1.